The first kappa shape index (κ1) is 14.0. The summed E-state index contributed by atoms with van der Waals surface area (Å²) in [5.74, 6) is -0.512. The zero-order valence-corrected chi connectivity index (χ0v) is 11.7. The van der Waals surface area contributed by atoms with Crippen molar-refractivity contribution in [2.24, 2.45) is 0 Å². The Hall–Kier alpha value is -1.39. The molecule has 1 heterocycles. The molecule has 0 aliphatic carbocycles. The first-order chi connectivity index (χ1) is 9.06. The van der Waals surface area contributed by atoms with Crippen LogP contribution in [0.3, 0.4) is 0 Å². The van der Waals surface area contributed by atoms with E-state index in [1.807, 2.05) is 19.9 Å². The molecular weight excluding hydrogens is 267 g/mol. The number of benzene rings is 1. The van der Waals surface area contributed by atoms with Gasteiger partial charge in [-0.05, 0) is 31.5 Å². The Morgan fingerprint density at radius 1 is 1.37 bits per heavy atom. The number of aliphatic hydroxyl groups excluding tert-OH is 1. The van der Waals surface area contributed by atoms with Crippen molar-refractivity contribution in [2.45, 2.75) is 32.9 Å². The molecule has 0 saturated heterocycles. The summed E-state index contributed by atoms with van der Waals surface area (Å²) in [4.78, 5) is 0. The van der Waals surface area contributed by atoms with Crippen LogP contribution in [0.4, 0.5) is 4.39 Å². The van der Waals surface area contributed by atoms with Gasteiger partial charge in [0, 0.05) is 17.1 Å². The molecule has 1 aromatic heterocycles. The zero-order chi connectivity index (χ0) is 14.0. The first-order valence-corrected chi connectivity index (χ1v) is 6.64. The van der Waals surface area contributed by atoms with Crippen LogP contribution in [0.2, 0.25) is 5.02 Å². The summed E-state index contributed by atoms with van der Waals surface area (Å²) in [7, 11) is 0. The number of nitrogens with zero attached hydrogens (tertiary/aromatic N) is 2. The van der Waals surface area contributed by atoms with Crippen molar-refractivity contribution >= 4 is 11.6 Å². The van der Waals surface area contributed by atoms with Crippen LogP contribution in [0.1, 0.15) is 36.9 Å². The number of hydrogen-bond donors (Lipinski definition) is 1. The lowest BCUT2D eigenvalue weighted by Gasteiger charge is -2.13. The van der Waals surface area contributed by atoms with Gasteiger partial charge in [0.25, 0.3) is 0 Å². The van der Waals surface area contributed by atoms with E-state index in [0.717, 1.165) is 12.1 Å². The Balaban J connectivity index is 2.42. The second-order valence-electron chi connectivity index (χ2n) is 4.30. The molecule has 1 aromatic carbocycles. The smallest absolute Gasteiger partial charge is 0.130 e. The number of aryl methyl sites for hydroxylation is 2. The van der Waals surface area contributed by atoms with Gasteiger partial charge in [-0.15, -0.1) is 0 Å². The van der Waals surface area contributed by atoms with Gasteiger partial charge in [0.15, 0.2) is 0 Å². The quantitative estimate of drug-likeness (QED) is 0.934. The Labute approximate surface area is 116 Å². The molecule has 3 nitrogen and oxygen atoms in total. The van der Waals surface area contributed by atoms with E-state index >= 15 is 0 Å². The molecule has 1 atom stereocenters. The van der Waals surface area contributed by atoms with Crippen molar-refractivity contribution in [3.8, 4) is 0 Å². The molecule has 2 rings (SSSR count). The summed E-state index contributed by atoms with van der Waals surface area (Å²) >= 11 is 5.71. The van der Waals surface area contributed by atoms with E-state index in [4.69, 9.17) is 11.6 Å². The van der Waals surface area contributed by atoms with Gasteiger partial charge in [-0.3, -0.25) is 4.68 Å². The summed E-state index contributed by atoms with van der Waals surface area (Å²) in [6.45, 7) is 4.55. The SMILES string of the molecule is CCc1cc(C(O)c2ccc(Cl)cc2F)n(CC)n1. The van der Waals surface area contributed by atoms with E-state index in [-0.39, 0.29) is 5.56 Å². The van der Waals surface area contributed by atoms with Gasteiger partial charge >= 0.3 is 0 Å². The lowest BCUT2D eigenvalue weighted by molar-refractivity contribution is 0.203. The number of aromatic nitrogens is 2. The number of aliphatic hydroxyl groups is 1. The minimum atomic E-state index is -1.04. The van der Waals surface area contributed by atoms with Gasteiger partial charge < -0.3 is 5.11 Å². The van der Waals surface area contributed by atoms with Gasteiger partial charge in [0.1, 0.15) is 11.9 Å². The number of hydrogen-bond acceptors (Lipinski definition) is 2. The molecule has 19 heavy (non-hydrogen) atoms. The fourth-order valence-electron chi connectivity index (χ4n) is 2.02. The van der Waals surface area contributed by atoms with E-state index in [1.165, 1.54) is 12.1 Å². The molecule has 5 heteroatoms. The topological polar surface area (TPSA) is 38.0 Å². The standard InChI is InChI=1S/C14H16ClFN2O/c1-3-10-8-13(18(4-2)17-10)14(19)11-6-5-9(15)7-12(11)16/h5-8,14,19H,3-4H2,1-2H3. The summed E-state index contributed by atoms with van der Waals surface area (Å²) in [6.07, 6.45) is -0.263. The maximum Gasteiger partial charge on any atom is 0.130 e. The van der Waals surface area contributed by atoms with Gasteiger partial charge in [-0.1, -0.05) is 24.6 Å². The normalized spacial score (nSPS) is 12.7. The fraction of sp³-hybridized carbons (Fsp3) is 0.357. The minimum Gasteiger partial charge on any atom is -0.382 e. The van der Waals surface area contributed by atoms with Crippen LogP contribution in [0.5, 0.6) is 0 Å². The van der Waals surface area contributed by atoms with Gasteiger partial charge in [0.2, 0.25) is 0 Å². The monoisotopic (exact) mass is 282 g/mol. The lowest BCUT2D eigenvalue weighted by atomic mass is 10.1. The van der Waals surface area contributed by atoms with Crippen molar-refractivity contribution in [2.75, 3.05) is 0 Å². The lowest BCUT2D eigenvalue weighted by Crippen LogP contribution is -2.10. The molecule has 1 unspecified atom stereocenters. The van der Waals surface area contributed by atoms with Crippen LogP contribution in [-0.4, -0.2) is 14.9 Å². The predicted octanol–water partition coefficient (Wildman–Crippen LogP) is 3.34. The number of rotatable bonds is 4. The molecule has 0 aliphatic rings. The maximum absolute atomic E-state index is 13.8. The molecule has 0 saturated carbocycles. The third kappa shape index (κ3) is 2.80. The highest BCUT2D eigenvalue weighted by atomic mass is 35.5. The molecule has 2 aromatic rings. The molecule has 102 valence electrons. The number of halogens is 2. The Bertz CT molecular complexity index is 583. The molecule has 0 amide bonds. The van der Waals surface area contributed by atoms with Crippen LogP contribution in [-0.2, 0) is 13.0 Å². The van der Waals surface area contributed by atoms with E-state index in [0.29, 0.717) is 17.3 Å². The van der Waals surface area contributed by atoms with Crippen molar-refractivity contribution in [3.05, 3.63) is 52.1 Å². The zero-order valence-electron chi connectivity index (χ0n) is 10.9. The summed E-state index contributed by atoms with van der Waals surface area (Å²) in [5, 5.41) is 15.0. The highest BCUT2D eigenvalue weighted by molar-refractivity contribution is 6.30. The molecule has 1 N–H and O–H groups in total. The molecule has 0 spiro atoms. The maximum atomic E-state index is 13.8. The van der Waals surface area contributed by atoms with E-state index in [2.05, 4.69) is 5.10 Å². The highest BCUT2D eigenvalue weighted by Crippen LogP contribution is 2.27. The minimum absolute atomic E-state index is 0.210. The fourth-order valence-corrected chi connectivity index (χ4v) is 2.17. The van der Waals surface area contributed by atoms with Crippen LogP contribution in [0, 0.1) is 5.82 Å². The van der Waals surface area contributed by atoms with E-state index < -0.39 is 11.9 Å². The van der Waals surface area contributed by atoms with E-state index in [1.54, 1.807) is 10.7 Å². The third-order valence-corrected chi connectivity index (χ3v) is 3.30. The average molecular weight is 283 g/mol. The Morgan fingerprint density at radius 3 is 2.68 bits per heavy atom. The highest BCUT2D eigenvalue weighted by Gasteiger charge is 2.20. The summed E-state index contributed by atoms with van der Waals surface area (Å²) in [6, 6.07) is 6.08. The van der Waals surface area contributed by atoms with Gasteiger partial charge in [-0.2, -0.15) is 5.10 Å². The molecule has 0 bridgehead atoms. The molecule has 0 fully saturated rings. The van der Waals surface area contributed by atoms with Crippen LogP contribution < -0.4 is 0 Å². The van der Waals surface area contributed by atoms with Crippen molar-refractivity contribution < 1.29 is 9.50 Å². The largest absolute Gasteiger partial charge is 0.382 e. The Kier molecular flexibility index (Phi) is 4.22. The average Bonchev–Trinajstić information content (AvgIpc) is 2.81. The molecular formula is C14H16ClFN2O. The third-order valence-electron chi connectivity index (χ3n) is 3.06. The predicted molar refractivity (Wildman–Crippen MR) is 72.8 cm³/mol. The van der Waals surface area contributed by atoms with Crippen LogP contribution in [0.15, 0.2) is 24.3 Å². The van der Waals surface area contributed by atoms with Crippen LogP contribution >= 0.6 is 11.6 Å². The summed E-state index contributed by atoms with van der Waals surface area (Å²) in [5.41, 5.74) is 1.69. The summed E-state index contributed by atoms with van der Waals surface area (Å²) < 4.78 is 15.5. The first-order valence-electron chi connectivity index (χ1n) is 6.26. The molecule has 0 radical (unpaired) electrons. The van der Waals surface area contributed by atoms with E-state index in [9.17, 15) is 9.50 Å². The second-order valence-corrected chi connectivity index (χ2v) is 4.73. The van der Waals surface area contributed by atoms with Gasteiger partial charge in [0.05, 0.1) is 11.4 Å². The van der Waals surface area contributed by atoms with Crippen molar-refractivity contribution in [1.29, 1.82) is 0 Å². The van der Waals surface area contributed by atoms with Gasteiger partial charge in [-0.25, -0.2) is 4.39 Å². The molecule has 0 aliphatic heterocycles. The second kappa shape index (κ2) is 5.72. The van der Waals surface area contributed by atoms with Crippen molar-refractivity contribution in [3.63, 3.8) is 0 Å². The Morgan fingerprint density at radius 2 is 2.11 bits per heavy atom. The van der Waals surface area contributed by atoms with Crippen LogP contribution in [0.25, 0.3) is 0 Å². The van der Waals surface area contributed by atoms with Crippen molar-refractivity contribution in [1.82, 2.24) is 9.78 Å².